The molecule has 4 amide bonds. The number of anilines is 1. The molecule has 18 heteroatoms. The summed E-state index contributed by atoms with van der Waals surface area (Å²) in [5.74, 6) is -3.16. The fourth-order valence-electron chi connectivity index (χ4n) is 4.64. The average Bonchev–Trinajstić information content (AvgIpc) is 3.39. The maximum absolute atomic E-state index is 12.7. The Morgan fingerprint density at radius 2 is 1.66 bits per heavy atom. The fraction of sp³-hybridized carbons (Fsp3) is 0.562. The molecule has 1 fully saturated rings. The van der Waals surface area contributed by atoms with Crippen LogP contribution in [0.1, 0.15) is 45.1 Å². The van der Waals surface area contributed by atoms with Crippen molar-refractivity contribution in [3.05, 3.63) is 35.9 Å². The standard InChI is InChI=1S/C32H43N3O15/c1-18(2)30(44)48-17-19-7-8-20(34-32(45)50-31-27(41)25(39)26(40)28(49-31)29(42)43)21(16-19)47-15-14-46-13-11-33-22(36)6-4-3-5-12-35-23(37)9-10-24(35)38/h7-10,16,18,25-28,31,39-41H,3-6,11-15,17H2,1-2H3,(H,33,36)(H,34,45)(H,42,43)/t25-,26-,27+,28-,31-/m0/s1. The van der Waals surface area contributed by atoms with Crippen LogP contribution in [0.3, 0.4) is 0 Å². The van der Waals surface area contributed by atoms with Crippen molar-refractivity contribution < 1.29 is 72.9 Å². The highest BCUT2D eigenvalue weighted by molar-refractivity contribution is 6.12. The fourth-order valence-corrected chi connectivity index (χ4v) is 4.64. The number of aliphatic hydroxyl groups is 3. The lowest BCUT2D eigenvalue weighted by molar-refractivity contribution is -0.277. The number of carbonyl (C=O) groups is 6. The number of nitrogens with zero attached hydrogens (tertiary/aromatic N) is 1. The molecule has 1 aromatic carbocycles. The Labute approximate surface area is 287 Å². The second-order valence-electron chi connectivity index (χ2n) is 11.6. The Bertz CT molecular complexity index is 1380. The van der Waals surface area contributed by atoms with Gasteiger partial charge in [-0.2, -0.15) is 0 Å². The van der Waals surface area contributed by atoms with Gasteiger partial charge in [-0.1, -0.05) is 26.3 Å². The lowest BCUT2D eigenvalue weighted by Gasteiger charge is -2.37. The Kier molecular flexibility index (Phi) is 15.6. The zero-order valence-electron chi connectivity index (χ0n) is 27.6. The van der Waals surface area contributed by atoms with Crippen LogP contribution in [0.4, 0.5) is 10.5 Å². The summed E-state index contributed by atoms with van der Waals surface area (Å²) >= 11 is 0. The summed E-state index contributed by atoms with van der Waals surface area (Å²) in [6.45, 7) is 4.04. The number of aliphatic hydroxyl groups excluding tert-OH is 3. The third kappa shape index (κ3) is 12.1. The molecule has 3 rings (SSSR count). The lowest BCUT2D eigenvalue weighted by Crippen LogP contribution is -2.60. The van der Waals surface area contributed by atoms with E-state index in [9.17, 15) is 49.2 Å². The molecule has 0 radical (unpaired) electrons. The van der Waals surface area contributed by atoms with E-state index in [4.69, 9.17) is 23.7 Å². The molecule has 0 aromatic heterocycles. The number of carbonyl (C=O) groups excluding carboxylic acids is 5. The quantitative estimate of drug-likeness (QED) is 0.0619. The molecule has 0 aliphatic carbocycles. The number of hydrogen-bond donors (Lipinski definition) is 6. The summed E-state index contributed by atoms with van der Waals surface area (Å²) in [4.78, 5) is 72.3. The Morgan fingerprint density at radius 1 is 0.940 bits per heavy atom. The number of hydrogen-bond acceptors (Lipinski definition) is 14. The van der Waals surface area contributed by atoms with Gasteiger partial charge in [0.05, 0.1) is 24.8 Å². The molecule has 0 unspecified atom stereocenters. The Hall–Kier alpha value is -4.62. The molecule has 1 saturated heterocycles. The number of carboxylic acids is 1. The van der Waals surface area contributed by atoms with Crippen LogP contribution in [-0.4, -0.2) is 125 Å². The van der Waals surface area contributed by atoms with Gasteiger partial charge in [-0.15, -0.1) is 0 Å². The van der Waals surface area contributed by atoms with Crippen LogP contribution < -0.4 is 15.4 Å². The van der Waals surface area contributed by atoms with Crippen molar-refractivity contribution in [2.24, 2.45) is 5.92 Å². The molecule has 5 atom stereocenters. The molecule has 2 aliphatic heterocycles. The second-order valence-corrected chi connectivity index (χ2v) is 11.6. The smallest absolute Gasteiger partial charge is 0.414 e. The summed E-state index contributed by atoms with van der Waals surface area (Å²) in [7, 11) is 0. The molecule has 0 saturated carbocycles. The SMILES string of the molecule is CC(C)C(=O)OCc1ccc(NC(=O)O[C@@H]2O[C@H](C(=O)O)[C@@H](O)[C@H](O)[C@H]2O)c(OCCOCCNC(=O)CCCCCN2C(=O)C=CC2=O)c1. The summed E-state index contributed by atoms with van der Waals surface area (Å²) in [6, 6.07) is 4.45. The minimum absolute atomic E-state index is 0.0146. The number of nitrogens with one attached hydrogen (secondary N) is 2. The molecule has 0 spiro atoms. The average molecular weight is 710 g/mol. The molecule has 0 bridgehead atoms. The van der Waals surface area contributed by atoms with Crippen LogP contribution in [0.15, 0.2) is 30.4 Å². The predicted molar refractivity (Wildman–Crippen MR) is 169 cm³/mol. The number of ether oxygens (including phenoxy) is 5. The maximum Gasteiger partial charge on any atom is 0.414 e. The molecule has 276 valence electrons. The van der Waals surface area contributed by atoms with Gasteiger partial charge in [0.15, 0.2) is 6.10 Å². The molecule has 2 aliphatic rings. The van der Waals surface area contributed by atoms with Gasteiger partial charge in [0, 0.05) is 31.7 Å². The van der Waals surface area contributed by atoms with E-state index in [1.807, 2.05) is 0 Å². The number of benzene rings is 1. The summed E-state index contributed by atoms with van der Waals surface area (Å²) in [5, 5.41) is 44.3. The molecule has 6 N–H and O–H groups in total. The first-order valence-corrected chi connectivity index (χ1v) is 16.0. The van der Waals surface area contributed by atoms with Crippen molar-refractivity contribution >= 4 is 41.4 Å². The summed E-state index contributed by atoms with van der Waals surface area (Å²) in [5.41, 5.74) is 0.580. The summed E-state index contributed by atoms with van der Waals surface area (Å²) in [6.07, 6.45) is -6.42. The molecule has 1 aromatic rings. The van der Waals surface area contributed by atoms with Crippen LogP contribution >= 0.6 is 0 Å². The first-order valence-electron chi connectivity index (χ1n) is 16.0. The number of amides is 4. The molecule has 2 heterocycles. The van der Waals surface area contributed by atoms with Crippen molar-refractivity contribution in [3.63, 3.8) is 0 Å². The van der Waals surface area contributed by atoms with Crippen molar-refractivity contribution in [2.45, 2.75) is 76.8 Å². The number of aliphatic carboxylic acids is 1. The minimum Gasteiger partial charge on any atom is -0.489 e. The maximum atomic E-state index is 12.7. The van der Waals surface area contributed by atoms with Gasteiger partial charge < -0.3 is 49.4 Å². The van der Waals surface area contributed by atoms with E-state index in [0.717, 1.165) is 4.90 Å². The van der Waals surface area contributed by atoms with Crippen molar-refractivity contribution in [1.82, 2.24) is 10.2 Å². The van der Waals surface area contributed by atoms with Gasteiger partial charge in [0.25, 0.3) is 11.8 Å². The van der Waals surface area contributed by atoms with Gasteiger partial charge >= 0.3 is 18.0 Å². The van der Waals surface area contributed by atoms with E-state index >= 15 is 0 Å². The van der Waals surface area contributed by atoms with Crippen LogP contribution in [0.25, 0.3) is 0 Å². The van der Waals surface area contributed by atoms with Gasteiger partial charge in [0.1, 0.15) is 37.3 Å². The van der Waals surface area contributed by atoms with Crippen molar-refractivity contribution in [1.29, 1.82) is 0 Å². The van der Waals surface area contributed by atoms with E-state index in [1.165, 1.54) is 30.4 Å². The number of carboxylic acid groups (broad SMARTS) is 1. The van der Waals surface area contributed by atoms with Crippen LogP contribution in [0, 0.1) is 5.92 Å². The van der Waals surface area contributed by atoms with Gasteiger partial charge in [0.2, 0.25) is 12.2 Å². The Morgan fingerprint density at radius 3 is 2.34 bits per heavy atom. The first-order chi connectivity index (χ1) is 23.8. The summed E-state index contributed by atoms with van der Waals surface area (Å²) < 4.78 is 26.5. The largest absolute Gasteiger partial charge is 0.489 e. The third-order valence-electron chi connectivity index (χ3n) is 7.41. The number of rotatable bonds is 19. The molecular formula is C32H43N3O15. The second kappa shape index (κ2) is 19.5. The lowest BCUT2D eigenvalue weighted by atomic mass is 9.99. The van der Waals surface area contributed by atoms with E-state index in [-0.39, 0.29) is 74.5 Å². The highest BCUT2D eigenvalue weighted by Gasteiger charge is 2.48. The van der Waals surface area contributed by atoms with Crippen LogP contribution in [-0.2, 0) is 49.5 Å². The van der Waals surface area contributed by atoms with Crippen molar-refractivity contribution in [2.75, 3.05) is 38.2 Å². The molecular weight excluding hydrogens is 666 g/mol. The van der Waals surface area contributed by atoms with E-state index in [1.54, 1.807) is 13.8 Å². The molecule has 18 nitrogen and oxygen atoms in total. The zero-order chi connectivity index (χ0) is 36.8. The minimum atomic E-state index is -1.97. The number of unbranched alkanes of at least 4 members (excludes halogenated alkanes) is 2. The van der Waals surface area contributed by atoms with Crippen LogP contribution in [0.5, 0.6) is 5.75 Å². The normalized spacial score (nSPS) is 21.6. The highest BCUT2D eigenvalue weighted by Crippen LogP contribution is 2.28. The van der Waals surface area contributed by atoms with Gasteiger partial charge in [-0.3, -0.25) is 29.4 Å². The van der Waals surface area contributed by atoms with E-state index in [2.05, 4.69) is 10.6 Å². The first kappa shape index (κ1) is 39.8. The topological polar surface area (TPSA) is 257 Å². The number of esters is 1. The Balaban J connectivity index is 1.44. The highest BCUT2D eigenvalue weighted by atomic mass is 16.7. The van der Waals surface area contributed by atoms with Gasteiger partial charge in [-0.25, -0.2) is 9.59 Å². The molecule has 50 heavy (non-hydrogen) atoms. The number of imide groups is 1. The zero-order valence-corrected chi connectivity index (χ0v) is 27.6. The predicted octanol–water partition coefficient (Wildman–Crippen LogP) is -0.176. The van der Waals surface area contributed by atoms with Crippen molar-refractivity contribution in [3.8, 4) is 5.75 Å². The van der Waals surface area contributed by atoms with E-state index in [0.29, 0.717) is 31.4 Å². The third-order valence-corrected chi connectivity index (χ3v) is 7.41. The van der Waals surface area contributed by atoms with Gasteiger partial charge in [-0.05, 0) is 30.5 Å². The monoisotopic (exact) mass is 709 g/mol. The van der Waals surface area contributed by atoms with E-state index < -0.39 is 48.7 Å². The van der Waals surface area contributed by atoms with Crippen LogP contribution in [0.2, 0.25) is 0 Å².